The molecule has 228 valence electrons. The molecule has 1 aromatic carbocycles. The molecular formula is C33H40N4O6. The molecule has 0 spiro atoms. The molecule has 1 aromatic heterocycles. The second-order valence-electron chi connectivity index (χ2n) is 11.9. The first kappa shape index (κ1) is 30.3. The van der Waals surface area contributed by atoms with Crippen LogP contribution in [0, 0.1) is 27.7 Å². The van der Waals surface area contributed by atoms with Gasteiger partial charge in [-0.15, -0.1) is 0 Å². The van der Waals surface area contributed by atoms with Gasteiger partial charge < -0.3 is 20.3 Å². The van der Waals surface area contributed by atoms with E-state index in [0.717, 1.165) is 35.5 Å². The molecule has 2 aromatic rings. The molecule has 3 aliphatic rings. The average Bonchev–Trinajstić information content (AvgIpc) is 3.22. The van der Waals surface area contributed by atoms with E-state index in [-0.39, 0.29) is 16.9 Å². The summed E-state index contributed by atoms with van der Waals surface area (Å²) in [5.41, 5.74) is 3.76. The van der Waals surface area contributed by atoms with Gasteiger partial charge in [0.05, 0.1) is 5.70 Å². The topological polar surface area (TPSA) is 139 Å². The van der Waals surface area contributed by atoms with Crippen LogP contribution in [0.3, 0.4) is 0 Å². The minimum Gasteiger partial charge on any atom is -0.848 e. The highest BCUT2D eigenvalue weighted by atomic mass is 16.5. The number of ketones is 1. The highest BCUT2D eigenvalue weighted by Gasteiger charge is 2.45. The number of phenols is 1. The summed E-state index contributed by atoms with van der Waals surface area (Å²) in [7, 11) is 1.55. The highest BCUT2D eigenvalue weighted by molar-refractivity contribution is 6.12. The number of rotatable bonds is 5. The standard InChI is InChI=1S/C33H39N4O6/c1-9-37(10-2)20-11-12-22(25-28(39)26(29(25)40)24-19(6)35-36(8)31(24)41)23(15-20)34-32(42)33(7)14-13-21-18(5)27(38)16(3)17(4)30(21)43-33/h11-12,15,26,28H,9-10,13-14H2,1-8H3,(H2,35,38,41)/q-1/p+1/b25-22+. The van der Waals surface area contributed by atoms with Crippen molar-refractivity contribution in [3.8, 4) is 11.5 Å². The lowest BCUT2D eigenvalue weighted by molar-refractivity contribution is -0.519. The maximum absolute atomic E-state index is 14.0. The van der Waals surface area contributed by atoms with Crippen molar-refractivity contribution in [2.24, 2.45) is 7.05 Å². The number of ether oxygens (including phenoxy) is 1. The van der Waals surface area contributed by atoms with E-state index in [1.165, 1.54) is 4.68 Å². The number of carbonyl (C=O) groups excluding carboxylic acids is 2. The second-order valence-corrected chi connectivity index (χ2v) is 11.9. The molecule has 3 atom stereocenters. The van der Waals surface area contributed by atoms with Gasteiger partial charge in [0.25, 0.3) is 11.5 Å². The Hall–Kier alpha value is -4.18. The van der Waals surface area contributed by atoms with Crippen LogP contribution in [0.1, 0.15) is 66.6 Å². The van der Waals surface area contributed by atoms with E-state index in [1.54, 1.807) is 33.0 Å². The van der Waals surface area contributed by atoms with Gasteiger partial charge in [-0.2, -0.15) is 0 Å². The molecule has 10 nitrogen and oxygen atoms in total. The third-order valence-corrected chi connectivity index (χ3v) is 9.39. The summed E-state index contributed by atoms with van der Waals surface area (Å²) in [6.45, 7) is 14.4. The molecule has 43 heavy (non-hydrogen) atoms. The van der Waals surface area contributed by atoms with Crippen molar-refractivity contribution in [3.05, 3.63) is 78.9 Å². The van der Waals surface area contributed by atoms with Gasteiger partial charge in [-0.05, 0) is 83.2 Å². The Morgan fingerprint density at radius 2 is 1.84 bits per heavy atom. The SMILES string of the molecule is CC[N+](CC)=C1C=C/C(=C2\C(=O)C(c3c(C)[nH]n(C)c3=O)C2[O-])C(NC(=O)C2(C)CCc3c(C)c(O)c(C)c(C)c3O2)=C1. The number of aromatic amines is 1. The lowest BCUT2D eigenvalue weighted by Crippen LogP contribution is -2.54. The molecule has 5 rings (SSSR count). The van der Waals surface area contributed by atoms with Gasteiger partial charge in [0.1, 0.15) is 24.6 Å². The molecule has 1 aliphatic heterocycles. The Morgan fingerprint density at radius 1 is 1.16 bits per heavy atom. The van der Waals surface area contributed by atoms with Crippen molar-refractivity contribution in [2.75, 3.05) is 13.1 Å². The van der Waals surface area contributed by atoms with Gasteiger partial charge in [0.2, 0.25) is 5.71 Å². The Kier molecular flexibility index (Phi) is 7.62. The predicted octanol–water partition coefficient (Wildman–Crippen LogP) is 2.19. The zero-order valence-corrected chi connectivity index (χ0v) is 26.1. The molecule has 2 aliphatic carbocycles. The summed E-state index contributed by atoms with van der Waals surface area (Å²) >= 11 is 0. The van der Waals surface area contributed by atoms with Gasteiger partial charge in [0.15, 0.2) is 11.4 Å². The lowest BCUT2D eigenvalue weighted by Gasteiger charge is -2.44. The molecule has 0 radical (unpaired) electrons. The minimum absolute atomic E-state index is 0.0479. The summed E-state index contributed by atoms with van der Waals surface area (Å²) in [4.78, 5) is 40.2. The molecule has 2 heterocycles. The minimum atomic E-state index is -1.46. The van der Waals surface area contributed by atoms with E-state index in [1.807, 2.05) is 40.7 Å². The molecule has 1 amide bonds. The second kappa shape index (κ2) is 10.8. The van der Waals surface area contributed by atoms with E-state index in [2.05, 4.69) is 15.0 Å². The summed E-state index contributed by atoms with van der Waals surface area (Å²) in [5.74, 6) is -1.07. The van der Waals surface area contributed by atoms with Crippen LogP contribution in [0.2, 0.25) is 0 Å². The smallest absolute Gasteiger partial charge is 0.270 e. The number of aromatic nitrogens is 2. The van der Waals surface area contributed by atoms with E-state index in [9.17, 15) is 24.6 Å². The van der Waals surface area contributed by atoms with Gasteiger partial charge in [-0.1, -0.05) is 6.10 Å². The van der Waals surface area contributed by atoms with Crippen LogP contribution in [-0.4, -0.2) is 61.7 Å². The van der Waals surface area contributed by atoms with Crippen LogP contribution in [0.25, 0.3) is 0 Å². The van der Waals surface area contributed by atoms with Crippen LogP contribution >= 0.6 is 0 Å². The maximum atomic E-state index is 14.0. The van der Waals surface area contributed by atoms with Crippen LogP contribution in [-0.2, 0) is 23.1 Å². The van der Waals surface area contributed by atoms with Crippen molar-refractivity contribution in [3.63, 3.8) is 0 Å². The Labute approximate surface area is 251 Å². The zero-order valence-electron chi connectivity index (χ0n) is 26.1. The number of H-pyrrole nitrogens is 1. The van der Waals surface area contributed by atoms with Gasteiger partial charge in [-0.3, -0.25) is 24.2 Å². The van der Waals surface area contributed by atoms with E-state index in [4.69, 9.17) is 4.74 Å². The number of aryl methyl sites for hydroxylation is 2. The van der Waals surface area contributed by atoms with Crippen LogP contribution in [0.15, 0.2) is 39.9 Å². The number of amides is 1. The first-order valence-corrected chi connectivity index (χ1v) is 14.8. The number of allylic oxidation sites excluding steroid dienone is 3. The van der Waals surface area contributed by atoms with Crippen LogP contribution in [0.4, 0.5) is 0 Å². The average molecular weight is 589 g/mol. The summed E-state index contributed by atoms with van der Waals surface area (Å²) in [5, 5.41) is 30.0. The van der Waals surface area contributed by atoms with Gasteiger partial charge in [0, 0.05) is 53.9 Å². The monoisotopic (exact) mass is 588 g/mol. The number of Topliss-reactive ketones (excluding diaryl/α,β-unsaturated/α-hetero) is 1. The molecule has 1 fully saturated rings. The number of fused-ring (bicyclic) bond motifs is 1. The first-order valence-electron chi connectivity index (χ1n) is 14.8. The van der Waals surface area contributed by atoms with Gasteiger partial charge >= 0.3 is 0 Å². The number of benzene rings is 1. The summed E-state index contributed by atoms with van der Waals surface area (Å²) in [6, 6.07) is 0. The fourth-order valence-corrected chi connectivity index (χ4v) is 6.47. The van der Waals surface area contributed by atoms with Crippen LogP contribution < -0.4 is 20.7 Å². The third kappa shape index (κ3) is 4.68. The largest absolute Gasteiger partial charge is 0.848 e. The van der Waals surface area contributed by atoms with Crippen molar-refractivity contribution in [1.82, 2.24) is 15.1 Å². The van der Waals surface area contributed by atoms with Gasteiger partial charge in [-0.25, -0.2) is 4.58 Å². The molecule has 0 bridgehead atoms. The third-order valence-electron chi connectivity index (χ3n) is 9.39. The van der Waals surface area contributed by atoms with Crippen molar-refractivity contribution in [2.45, 2.75) is 78.9 Å². The van der Waals surface area contributed by atoms with Crippen molar-refractivity contribution in [1.29, 1.82) is 0 Å². The van der Waals surface area contributed by atoms with Crippen LogP contribution in [0.5, 0.6) is 11.5 Å². The van der Waals surface area contributed by atoms with Crippen molar-refractivity contribution >= 4 is 17.4 Å². The summed E-state index contributed by atoms with van der Waals surface area (Å²) < 4.78 is 9.77. The van der Waals surface area contributed by atoms with Crippen molar-refractivity contribution < 1.29 is 29.1 Å². The number of carbonyl (C=O) groups is 2. The molecule has 10 heteroatoms. The first-order chi connectivity index (χ1) is 20.2. The number of phenolic OH excluding ortho intramolecular Hbond substituents is 1. The Bertz CT molecular complexity index is 1740. The predicted molar refractivity (Wildman–Crippen MR) is 161 cm³/mol. The number of aromatic hydroxyl groups is 1. The number of hydrogen-bond acceptors (Lipinski definition) is 6. The fourth-order valence-electron chi connectivity index (χ4n) is 6.47. The van der Waals surface area contributed by atoms with E-state index < -0.39 is 34.9 Å². The number of nitrogens with zero attached hydrogens (tertiary/aromatic N) is 2. The zero-order chi connectivity index (χ0) is 31.5. The molecular weight excluding hydrogens is 548 g/mol. The number of nitrogens with one attached hydrogen (secondary N) is 2. The lowest BCUT2D eigenvalue weighted by atomic mass is 9.69. The normalized spacial score (nSPS) is 24.7. The molecule has 3 unspecified atom stereocenters. The Morgan fingerprint density at radius 3 is 2.42 bits per heavy atom. The van der Waals surface area contributed by atoms with E-state index in [0.29, 0.717) is 41.1 Å². The quantitative estimate of drug-likeness (QED) is 0.362. The number of hydrogen-bond donors (Lipinski definition) is 3. The molecule has 3 N–H and O–H groups in total. The highest BCUT2D eigenvalue weighted by Crippen LogP contribution is 2.44. The fraction of sp³-hybridized carbons (Fsp3) is 0.455. The summed E-state index contributed by atoms with van der Waals surface area (Å²) in [6.07, 6.45) is 4.79. The molecule has 0 saturated heterocycles. The maximum Gasteiger partial charge on any atom is 0.270 e. The van der Waals surface area contributed by atoms with E-state index >= 15 is 0 Å². The molecule has 1 saturated carbocycles. The Balaban J connectivity index is 1.53.